The van der Waals surface area contributed by atoms with E-state index in [4.69, 9.17) is 9.84 Å². The second-order valence-corrected chi connectivity index (χ2v) is 10.6. The second kappa shape index (κ2) is 8.74. The maximum Gasteiger partial charge on any atom is 0.247 e. The van der Waals surface area contributed by atoms with Gasteiger partial charge >= 0.3 is 0 Å². The fraction of sp³-hybridized carbons (Fsp3) is 0.562. The zero-order chi connectivity index (χ0) is 21.1. The number of carbonyl (C=O) groups is 1. The summed E-state index contributed by atoms with van der Waals surface area (Å²) in [6.07, 6.45) is -1.31. The van der Waals surface area contributed by atoms with Gasteiger partial charge in [0.15, 0.2) is 9.84 Å². The van der Waals surface area contributed by atoms with E-state index in [1.165, 1.54) is 32.2 Å². The molecule has 158 valence electrons. The van der Waals surface area contributed by atoms with Crippen LogP contribution in [0.25, 0.3) is 0 Å². The van der Waals surface area contributed by atoms with Crippen LogP contribution < -0.4 is 10.1 Å². The lowest BCUT2D eigenvalue weighted by atomic mass is 10.2. The minimum Gasteiger partial charge on any atom is -0.495 e. The number of ether oxygens (including phenoxy) is 1. The number of nitrogens with zero attached hydrogens (tertiary/aromatic N) is 1. The summed E-state index contributed by atoms with van der Waals surface area (Å²) in [6, 6.07) is 3.15. The van der Waals surface area contributed by atoms with Gasteiger partial charge in [-0.15, -0.1) is 0 Å². The van der Waals surface area contributed by atoms with Gasteiger partial charge in [-0.3, -0.25) is 4.79 Å². The van der Waals surface area contributed by atoms with Crippen molar-refractivity contribution in [3.8, 4) is 5.75 Å². The van der Waals surface area contributed by atoms with Crippen LogP contribution in [0.5, 0.6) is 5.75 Å². The molecule has 1 aromatic rings. The van der Waals surface area contributed by atoms with Crippen LogP contribution >= 0.6 is 0 Å². The molecule has 0 aromatic heterocycles. The fourth-order valence-electron chi connectivity index (χ4n) is 3.00. The third-order valence-corrected chi connectivity index (χ3v) is 7.98. The smallest absolute Gasteiger partial charge is 0.247 e. The summed E-state index contributed by atoms with van der Waals surface area (Å²) < 4.78 is 56.4. The lowest BCUT2D eigenvalue weighted by Gasteiger charge is -2.29. The Balaban J connectivity index is 2.53. The topological polar surface area (TPSA) is 150 Å². The number of hydrogen-bond donors (Lipinski definition) is 3. The molecule has 28 heavy (non-hydrogen) atoms. The predicted octanol–water partition coefficient (Wildman–Crippen LogP) is -0.815. The number of amides is 1. The summed E-state index contributed by atoms with van der Waals surface area (Å²) >= 11 is 0. The summed E-state index contributed by atoms with van der Waals surface area (Å²) in [5.41, 5.74) is 0.216. The lowest BCUT2D eigenvalue weighted by Crippen LogP contribution is -2.46. The highest BCUT2D eigenvalue weighted by molar-refractivity contribution is 7.92. The summed E-state index contributed by atoms with van der Waals surface area (Å²) in [6.45, 7) is 0.104. The molecule has 0 aliphatic carbocycles. The van der Waals surface area contributed by atoms with Gasteiger partial charge in [0.05, 0.1) is 31.3 Å². The number of aliphatic hydroxyl groups excluding tert-OH is 2. The SMILES string of the molecule is COc1ccc(NC(C)=O)cc1S(=O)(=O)N(C[C@@H](O)CO)[C@H]1CCS(=O)(=O)C1. The molecule has 0 bridgehead atoms. The van der Waals surface area contributed by atoms with Crippen LogP contribution in [0.2, 0.25) is 0 Å². The largest absolute Gasteiger partial charge is 0.495 e. The highest BCUT2D eigenvalue weighted by Crippen LogP contribution is 2.32. The fourth-order valence-corrected chi connectivity index (χ4v) is 6.70. The van der Waals surface area contributed by atoms with Crippen molar-refractivity contribution in [2.24, 2.45) is 0 Å². The molecule has 1 aliphatic heterocycles. The van der Waals surface area contributed by atoms with Gasteiger partial charge in [0, 0.05) is 25.2 Å². The Morgan fingerprint density at radius 1 is 1.43 bits per heavy atom. The third kappa shape index (κ3) is 5.20. The minimum atomic E-state index is -4.32. The van der Waals surface area contributed by atoms with E-state index in [9.17, 15) is 26.7 Å². The van der Waals surface area contributed by atoms with E-state index < -0.39 is 51.1 Å². The molecule has 1 saturated heterocycles. The van der Waals surface area contributed by atoms with E-state index in [0.29, 0.717) is 0 Å². The molecule has 12 heteroatoms. The van der Waals surface area contributed by atoms with Crippen LogP contribution in [-0.4, -0.2) is 81.2 Å². The van der Waals surface area contributed by atoms with Crippen molar-refractivity contribution < 1.29 is 36.6 Å². The van der Waals surface area contributed by atoms with Crippen molar-refractivity contribution in [3.05, 3.63) is 18.2 Å². The minimum absolute atomic E-state index is 0.00144. The monoisotopic (exact) mass is 436 g/mol. The Bertz CT molecular complexity index is 930. The molecule has 0 radical (unpaired) electrons. The van der Waals surface area contributed by atoms with E-state index in [1.54, 1.807) is 0 Å². The first-order valence-electron chi connectivity index (χ1n) is 8.47. The van der Waals surface area contributed by atoms with Gasteiger partial charge in [0.1, 0.15) is 10.6 Å². The number of anilines is 1. The van der Waals surface area contributed by atoms with Crippen LogP contribution in [0.15, 0.2) is 23.1 Å². The lowest BCUT2D eigenvalue weighted by molar-refractivity contribution is -0.114. The van der Waals surface area contributed by atoms with E-state index in [1.807, 2.05) is 0 Å². The van der Waals surface area contributed by atoms with Gasteiger partial charge < -0.3 is 20.3 Å². The average Bonchev–Trinajstić information content (AvgIpc) is 2.98. The number of methoxy groups -OCH3 is 1. The molecule has 1 fully saturated rings. The number of nitrogens with one attached hydrogen (secondary N) is 1. The average molecular weight is 437 g/mol. The van der Waals surface area contributed by atoms with Crippen molar-refractivity contribution in [3.63, 3.8) is 0 Å². The molecular weight excluding hydrogens is 412 g/mol. The van der Waals surface area contributed by atoms with Crippen molar-refractivity contribution in [2.75, 3.05) is 37.1 Å². The molecule has 2 rings (SSSR count). The molecule has 1 amide bonds. The maximum absolute atomic E-state index is 13.3. The van der Waals surface area contributed by atoms with E-state index in [2.05, 4.69) is 5.32 Å². The van der Waals surface area contributed by atoms with Gasteiger partial charge in [0.2, 0.25) is 15.9 Å². The Kier molecular flexibility index (Phi) is 7.04. The van der Waals surface area contributed by atoms with Gasteiger partial charge in [-0.2, -0.15) is 4.31 Å². The van der Waals surface area contributed by atoms with Crippen molar-refractivity contribution in [1.29, 1.82) is 0 Å². The van der Waals surface area contributed by atoms with Crippen molar-refractivity contribution in [1.82, 2.24) is 4.31 Å². The number of benzene rings is 1. The summed E-state index contributed by atoms with van der Waals surface area (Å²) in [5.74, 6) is -0.943. The Labute approximate surface area is 164 Å². The van der Waals surface area contributed by atoms with Gasteiger partial charge in [-0.25, -0.2) is 16.8 Å². The van der Waals surface area contributed by atoms with Gasteiger partial charge in [-0.05, 0) is 24.6 Å². The Hall–Kier alpha value is -1.73. The molecule has 1 aliphatic rings. The van der Waals surface area contributed by atoms with Crippen LogP contribution in [0.4, 0.5) is 5.69 Å². The highest BCUT2D eigenvalue weighted by Gasteiger charge is 2.40. The maximum atomic E-state index is 13.3. The number of carbonyl (C=O) groups excluding carboxylic acids is 1. The molecule has 1 aromatic carbocycles. The van der Waals surface area contributed by atoms with Gasteiger partial charge in [-0.1, -0.05) is 0 Å². The number of rotatable bonds is 8. The van der Waals surface area contributed by atoms with E-state index in [0.717, 1.165) is 4.31 Å². The zero-order valence-corrected chi connectivity index (χ0v) is 17.2. The number of sulfone groups is 1. The normalized spacial score (nSPS) is 20.1. The molecular formula is C16H24N2O8S2. The van der Waals surface area contributed by atoms with Crippen molar-refractivity contribution in [2.45, 2.75) is 30.4 Å². The number of aliphatic hydroxyl groups is 2. The summed E-state index contributed by atoms with van der Waals surface area (Å²) in [5, 5.41) is 21.5. The number of hydrogen-bond acceptors (Lipinski definition) is 8. The molecule has 0 saturated carbocycles. The van der Waals surface area contributed by atoms with Crippen LogP contribution in [-0.2, 0) is 24.7 Å². The molecule has 1 heterocycles. The van der Waals surface area contributed by atoms with Crippen molar-refractivity contribution >= 4 is 31.5 Å². The molecule has 2 atom stereocenters. The van der Waals surface area contributed by atoms with E-state index >= 15 is 0 Å². The third-order valence-electron chi connectivity index (χ3n) is 4.29. The highest BCUT2D eigenvalue weighted by atomic mass is 32.2. The molecule has 10 nitrogen and oxygen atoms in total. The van der Waals surface area contributed by atoms with Crippen LogP contribution in [0.1, 0.15) is 13.3 Å². The predicted molar refractivity (Wildman–Crippen MR) is 101 cm³/mol. The zero-order valence-electron chi connectivity index (χ0n) is 15.5. The summed E-state index contributed by atoms with van der Waals surface area (Å²) in [7, 11) is -6.45. The molecule has 3 N–H and O–H groups in total. The van der Waals surface area contributed by atoms with E-state index in [-0.39, 0.29) is 34.3 Å². The first-order chi connectivity index (χ1) is 13.0. The van der Waals surface area contributed by atoms with Gasteiger partial charge in [0.25, 0.3) is 0 Å². The first-order valence-corrected chi connectivity index (χ1v) is 11.7. The first kappa shape index (κ1) is 22.6. The summed E-state index contributed by atoms with van der Waals surface area (Å²) in [4.78, 5) is 11.0. The second-order valence-electron chi connectivity index (χ2n) is 6.51. The molecule has 0 unspecified atom stereocenters. The standard InChI is InChI=1S/C16H24N2O8S2/c1-11(20)17-12-3-4-15(26-2)16(7-12)28(24,25)18(8-14(21)9-19)13-5-6-27(22,23)10-13/h3-4,7,13-14,19,21H,5-6,8-10H2,1-2H3,(H,17,20)/t13-,14+/m0/s1. The van der Waals surface area contributed by atoms with Crippen LogP contribution in [0.3, 0.4) is 0 Å². The molecule has 0 spiro atoms. The quantitative estimate of drug-likeness (QED) is 0.478. The number of sulfonamides is 1. The Morgan fingerprint density at radius 2 is 2.11 bits per heavy atom. The Morgan fingerprint density at radius 3 is 2.61 bits per heavy atom. The van der Waals surface area contributed by atoms with Crippen LogP contribution in [0, 0.1) is 0 Å².